The van der Waals surface area contributed by atoms with Crippen LogP contribution < -0.4 is 4.90 Å². The first kappa shape index (κ1) is 17.2. The van der Waals surface area contributed by atoms with Gasteiger partial charge in [-0.3, -0.25) is 14.6 Å². The molecule has 1 atom stereocenters. The summed E-state index contributed by atoms with van der Waals surface area (Å²) in [7, 11) is 0. The minimum atomic E-state index is -0.155. The Morgan fingerprint density at radius 2 is 1.85 bits per heavy atom. The third-order valence-electron chi connectivity index (χ3n) is 5.03. The van der Waals surface area contributed by atoms with E-state index in [0.29, 0.717) is 12.1 Å². The number of para-hydroxylation sites is 1. The Kier molecular flexibility index (Phi) is 4.36. The van der Waals surface area contributed by atoms with Crippen molar-refractivity contribution in [3.8, 4) is 0 Å². The lowest BCUT2D eigenvalue weighted by atomic mass is 10.1. The third-order valence-corrected chi connectivity index (χ3v) is 5.03. The summed E-state index contributed by atoms with van der Waals surface area (Å²) in [4.78, 5) is 33.5. The van der Waals surface area contributed by atoms with Gasteiger partial charge in [-0.25, -0.2) is 0 Å². The highest BCUT2D eigenvalue weighted by Crippen LogP contribution is 2.22. The summed E-state index contributed by atoms with van der Waals surface area (Å²) in [6.45, 7) is 4.54. The van der Waals surface area contributed by atoms with Crippen molar-refractivity contribution < 1.29 is 9.59 Å². The van der Waals surface area contributed by atoms with E-state index >= 15 is 0 Å². The molecule has 2 aromatic carbocycles. The van der Waals surface area contributed by atoms with Crippen LogP contribution in [0.25, 0.3) is 10.9 Å². The summed E-state index contributed by atoms with van der Waals surface area (Å²) in [6, 6.07) is 17.3. The van der Waals surface area contributed by atoms with Gasteiger partial charge in [-0.1, -0.05) is 35.9 Å². The molecule has 5 nitrogen and oxygen atoms in total. The summed E-state index contributed by atoms with van der Waals surface area (Å²) < 4.78 is 0. The van der Waals surface area contributed by atoms with E-state index in [1.807, 2.05) is 68.4 Å². The van der Waals surface area contributed by atoms with Crippen LogP contribution in [0.4, 0.5) is 5.69 Å². The molecule has 1 fully saturated rings. The highest BCUT2D eigenvalue weighted by molar-refractivity contribution is 6.03. The zero-order valence-electron chi connectivity index (χ0n) is 15.4. The number of piperazine rings is 1. The van der Waals surface area contributed by atoms with Crippen molar-refractivity contribution in [3.63, 3.8) is 0 Å². The van der Waals surface area contributed by atoms with E-state index in [1.54, 1.807) is 16.0 Å². The summed E-state index contributed by atoms with van der Waals surface area (Å²) in [5.74, 6) is -0.225. The van der Waals surface area contributed by atoms with Gasteiger partial charge in [0.2, 0.25) is 5.91 Å². The molecule has 0 saturated carbocycles. The number of hydrogen-bond donors (Lipinski definition) is 0. The van der Waals surface area contributed by atoms with Crippen molar-refractivity contribution >= 4 is 28.4 Å². The van der Waals surface area contributed by atoms with Crippen LogP contribution in [0.15, 0.2) is 60.8 Å². The van der Waals surface area contributed by atoms with Crippen LogP contribution in [-0.4, -0.2) is 40.8 Å². The van der Waals surface area contributed by atoms with Gasteiger partial charge in [0.25, 0.3) is 5.91 Å². The highest BCUT2D eigenvalue weighted by Gasteiger charge is 2.33. The maximum Gasteiger partial charge on any atom is 0.256 e. The monoisotopic (exact) mass is 359 g/mol. The van der Waals surface area contributed by atoms with Crippen molar-refractivity contribution in [2.24, 2.45) is 0 Å². The van der Waals surface area contributed by atoms with Crippen molar-refractivity contribution in [2.45, 2.75) is 19.9 Å². The van der Waals surface area contributed by atoms with E-state index in [9.17, 15) is 9.59 Å². The number of pyridine rings is 1. The summed E-state index contributed by atoms with van der Waals surface area (Å²) in [5.41, 5.74) is 3.38. The van der Waals surface area contributed by atoms with E-state index in [2.05, 4.69) is 4.98 Å². The Labute approximate surface area is 158 Å². The number of amides is 2. The SMILES string of the molecule is Cc1ccc(N2CC(C)N(C(=O)c3cnc4ccccc4c3)CC2=O)cc1. The Balaban J connectivity index is 1.56. The minimum absolute atomic E-state index is 0.0701. The van der Waals surface area contributed by atoms with Crippen LogP contribution >= 0.6 is 0 Å². The smallest absolute Gasteiger partial charge is 0.256 e. The van der Waals surface area contributed by atoms with Crippen LogP contribution in [-0.2, 0) is 4.79 Å². The number of anilines is 1. The molecule has 4 rings (SSSR count). The van der Waals surface area contributed by atoms with Gasteiger partial charge < -0.3 is 9.80 Å². The first-order chi connectivity index (χ1) is 13.0. The summed E-state index contributed by atoms with van der Waals surface area (Å²) in [6.07, 6.45) is 1.59. The van der Waals surface area contributed by atoms with Gasteiger partial charge >= 0.3 is 0 Å². The Morgan fingerprint density at radius 3 is 2.63 bits per heavy atom. The molecule has 0 aliphatic carbocycles. The van der Waals surface area contributed by atoms with Gasteiger partial charge in [-0.15, -0.1) is 0 Å². The second-order valence-corrected chi connectivity index (χ2v) is 7.04. The van der Waals surface area contributed by atoms with E-state index in [0.717, 1.165) is 22.2 Å². The number of aryl methyl sites for hydroxylation is 1. The van der Waals surface area contributed by atoms with Crippen molar-refractivity contribution in [1.82, 2.24) is 9.88 Å². The van der Waals surface area contributed by atoms with Gasteiger partial charge in [-0.2, -0.15) is 0 Å². The molecule has 0 radical (unpaired) electrons. The lowest BCUT2D eigenvalue weighted by Crippen LogP contribution is -2.57. The molecule has 1 aromatic heterocycles. The molecule has 3 aromatic rings. The maximum absolute atomic E-state index is 13.0. The fraction of sp³-hybridized carbons (Fsp3) is 0.227. The van der Waals surface area contributed by atoms with Crippen LogP contribution in [0.1, 0.15) is 22.8 Å². The quantitative estimate of drug-likeness (QED) is 0.704. The zero-order chi connectivity index (χ0) is 19.0. The van der Waals surface area contributed by atoms with E-state index in [4.69, 9.17) is 0 Å². The number of nitrogens with zero attached hydrogens (tertiary/aromatic N) is 3. The maximum atomic E-state index is 13.0. The molecule has 2 amide bonds. The van der Waals surface area contributed by atoms with Crippen LogP contribution in [0.5, 0.6) is 0 Å². The van der Waals surface area contributed by atoms with Gasteiger partial charge in [0, 0.05) is 29.9 Å². The minimum Gasteiger partial charge on any atom is -0.325 e. The molecular formula is C22H21N3O2. The molecule has 1 aliphatic rings. The third kappa shape index (κ3) is 3.28. The van der Waals surface area contributed by atoms with E-state index in [1.165, 1.54) is 0 Å². The molecule has 1 saturated heterocycles. The second kappa shape index (κ2) is 6.83. The number of benzene rings is 2. The molecule has 136 valence electrons. The molecule has 2 heterocycles. The number of fused-ring (bicyclic) bond motifs is 1. The first-order valence-corrected chi connectivity index (χ1v) is 9.06. The predicted molar refractivity (Wildman–Crippen MR) is 106 cm³/mol. The molecule has 1 unspecified atom stereocenters. The second-order valence-electron chi connectivity index (χ2n) is 7.04. The Hall–Kier alpha value is -3.21. The van der Waals surface area contributed by atoms with Gasteiger partial charge in [0.1, 0.15) is 6.54 Å². The lowest BCUT2D eigenvalue weighted by Gasteiger charge is -2.39. The average molecular weight is 359 g/mol. The number of carbonyl (C=O) groups is 2. The highest BCUT2D eigenvalue weighted by atomic mass is 16.2. The van der Waals surface area contributed by atoms with E-state index < -0.39 is 0 Å². The largest absolute Gasteiger partial charge is 0.325 e. The van der Waals surface area contributed by atoms with Crippen LogP contribution in [0.2, 0.25) is 0 Å². The number of carbonyl (C=O) groups excluding carboxylic acids is 2. The molecule has 0 spiro atoms. The normalized spacial score (nSPS) is 17.4. The predicted octanol–water partition coefficient (Wildman–Crippen LogP) is 3.42. The average Bonchev–Trinajstić information content (AvgIpc) is 2.69. The number of rotatable bonds is 2. The lowest BCUT2D eigenvalue weighted by molar-refractivity contribution is -0.121. The van der Waals surface area contributed by atoms with Crippen molar-refractivity contribution in [3.05, 3.63) is 71.9 Å². The molecule has 0 bridgehead atoms. The summed E-state index contributed by atoms with van der Waals surface area (Å²) in [5, 5.41) is 0.917. The first-order valence-electron chi connectivity index (χ1n) is 9.06. The number of hydrogen-bond acceptors (Lipinski definition) is 3. The van der Waals surface area contributed by atoms with Crippen molar-refractivity contribution in [1.29, 1.82) is 0 Å². The van der Waals surface area contributed by atoms with E-state index in [-0.39, 0.29) is 24.4 Å². The Morgan fingerprint density at radius 1 is 1.11 bits per heavy atom. The fourth-order valence-corrected chi connectivity index (χ4v) is 3.45. The number of aromatic nitrogens is 1. The molecule has 1 aliphatic heterocycles. The standard InChI is InChI=1S/C22H21N3O2/c1-15-7-9-19(10-8-15)25-13-16(2)24(14-21(25)26)22(27)18-11-17-5-3-4-6-20(17)23-12-18/h3-12,16H,13-14H2,1-2H3. The molecule has 0 N–H and O–H groups in total. The molecular weight excluding hydrogens is 338 g/mol. The van der Waals surface area contributed by atoms with Crippen LogP contribution in [0, 0.1) is 6.92 Å². The topological polar surface area (TPSA) is 53.5 Å². The Bertz CT molecular complexity index is 1010. The molecule has 5 heteroatoms. The van der Waals surface area contributed by atoms with Gasteiger partial charge in [0.15, 0.2) is 0 Å². The van der Waals surface area contributed by atoms with Crippen molar-refractivity contribution in [2.75, 3.05) is 18.0 Å². The summed E-state index contributed by atoms with van der Waals surface area (Å²) >= 11 is 0. The molecule has 27 heavy (non-hydrogen) atoms. The van der Waals surface area contributed by atoms with Gasteiger partial charge in [-0.05, 0) is 38.1 Å². The zero-order valence-corrected chi connectivity index (χ0v) is 15.4. The van der Waals surface area contributed by atoms with Crippen LogP contribution in [0.3, 0.4) is 0 Å². The fourth-order valence-electron chi connectivity index (χ4n) is 3.45. The van der Waals surface area contributed by atoms with Gasteiger partial charge in [0.05, 0.1) is 11.1 Å².